The van der Waals surface area contributed by atoms with E-state index in [9.17, 15) is 82.4 Å². The van der Waals surface area contributed by atoms with Crippen LogP contribution in [0.5, 0.6) is 0 Å². The highest BCUT2D eigenvalue weighted by molar-refractivity contribution is 6.00. The first kappa shape index (κ1) is 77.3. The van der Waals surface area contributed by atoms with Gasteiger partial charge in [0, 0.05) is 23.5 Å². The lowest BCUT2D eigenvalue weighted by Gasteiger charge is -2.29. The number of carboxylic acid groups (broad SMARTS) is 2. The van der Waals surface area contributed by atoms with Gasteiger partial charge in [-0.3, -0.25) is 62.3 Å². The van der Waals surface area contributed by atoms with Crippen LogP contribution in [0, 0.1) is 23.7 Å². The van der Waals surface area contributed by atoms with Crippen molar-refractivity contribution >= 4 is 93.7 Å². The van der Waals surface area contributed by atoms with Crippen molar-refractivity contribution < 1.29 is 82.4 Å². The molecule has 0 saturated carbocycles. The average molecular weight is 1270 g/mol. The third kappa shape index (κ3) is 26.1. The van der Waals surface area contributed by atoms with E-state index in [1.165, 1.54) is 13.8 Å². The standard InChI is InChI=1S/C58H93N15O17/c1-9-30(7)47(72-51(82)36(17-13-14-20-59)66-53(84)38(21-28(3)4)67-49(80)34(60)22-32-25-63-35-16-12-11-15-33(32)35)57(88)69-40(24-45(78)79)54(85)70-41(27-74)55(86)71-46(29(5)6)56(87)68-39(23-43(62)76)50(81)64-26-44(77)65-37(18-19-42(61)75)52(83)73-48(58(89)90)31(8)10-2/h11-12,15-16,25,28-31,34,36-41,46-48,63,74H,9-10,13-14,17-24,26-27,59-60H2,1-8H3,(H2,61,75)(H2,62,76)(H,64,81)(H,65,77)(H,66,84)(H,67,80)(H,68,87)(H,69,88)(H,70,85)(H,71,86)(H,72,82)(H,73,83)(H,78,79)(H,89,90)/t30-,31-,34-,36-,37-,38-,39-,40-,41-,46-,47-,48-/m0/s1. The predicted octanol–water partition coefficient (Wildman–Crippen LogP) is -3.87. The number of aromatic amines is 1. The van der Waals surface area contributed by atoms with Crippen LogP contribution in [0.3, 0.4) is 0 Å². The van der Waals surface area contributed by atoms with Crippen molar-refractivity contribution in [2.75, 3.05) is 19.7 Å². The van der Waals surface area contributed by atoms with Gasteiger partial charge in [0.05, 0.1) is 32.0 Å². The Labute approximate surface area is 521 Å². The second-order valence-corrected chi connectivity index (χ2v) is 23.0. The Balaban J connectivity index is 2.28. The number of aliphatic hydroxyl groups is 1. The fraction of sp³-hybridized carbons (Fsp3) is 0.621. The molecule has 0 fully saturated rings. The van der Waals surface area contributed by atoms with Crippen LogP contribution in [-0.4, -0.2) is 183 Å². The van der Waals surface area contributed by atoms with E-state index < -0.39 is 193 Å². The lowest BCUT2D eigenvalue weighted by atomic mass is 9.96. The van der Waals surface area contributed by atoms with Gasteiger partial charge in [0.25, 0.3) is 0 Å². The molecule has 2 aromatic rings. The minimum atomic E-state index is -1.97. The summed E-state index contributed by atoms with van der Waals surface area (Å²) < 4.78 is 0. The van der Waals surface area contributed by atoms with Gasteiger partial charge in [-0.1, -0.05) is 86.4 Å². The molecule has 1 aromatic carbocycles. The molecule has 0 aliphatic heterocycles. The van der Waals surface area contributed by atoms with Crippen LogP contribution in [0.4, 0.5) is 0 Å². The number of carboxylic acids is 2. The average Bonchev–Trinajstić information content (AvgIpc) is 3.08. The molecule has 32 nitrogen and oxygen atoms in total. The van der Waals surface area contributed by atoms with Crippen molar-refractivity contribution in [2.24, 2.45) is 46.6 Å². The highest BCUT2D eigenvalue weighted by atomic mass is 16.4. The zero-order valence-electron chi connectivity index (χ0n) is 52.2. The first-order valence-corrected chi connectivity index (χ1v) is 29.9. The van der Waals surface area contributed by atoms with E-state index in [1.807, 2.05) is 38.1 Å². The molecule has 90 heavy (non-hydrogen) atoms. The number of aromatic nitrogens is 1. The molecule has 1 aromatic heterocycles. The molecule has 502 valence electrons. The third-order valence-electron chi connectivity index (χ3n) is 14.8. The zero-order valence-corrected chi connectivity index (χ0v) is 52.2. The Hall–Kier alpha value is -8.78. The number of carbonyl (C=O) groups excluding carboxylic acids is 12. The number of amides is 12. The van der Waals surface area contributed by atoms with Crippen molar-refractivity contribution in [3.8, 4) is 0 Å². The second-order valence-electron chi connectivity index (χ2n) is 23.0. The maximum absolute atomic E-state index is 14.2. The fourth-order valence-electron chi connectivity index (χ4n) is 9.20. The number of carbonyl (C=O) groups is 14. The molecule has 0 radical (unpaired) electrons. The number of unbranched alkanes of at least 4 members (excludes halogenated alkanes) is 1. The molecule has 0 bridgehead atoms. The number of para-hydroxylation sites is 1. The van der Waals surface area contributed by atoms with Crippen LogP contribution < -0.4 is 76.1 Å². The molecule has 0 saturated heterocycles. The summed E-state index contributed by atoms with van der Waals surface area (Å²) >= 11 is 0. The highest BCUT2D eigenvalue weighted by Crippen LogP contribution is 2.20. The van der Waals surface area contributed by atoms with Gasteiger partial charge in [-0.15, -0.1) is 0 Å². The van der Waals surface area contributed by atoms with E-state index in [-0.39, 0.29) is 44.6 Å². The van der Waals surface area contributed by atoms with Crippen molar-refractivity contribution in [3.05, 3.63) is 36.0 Å². The molecule has 22 N–H and O–H groups in total. The highest BCUT2D eigenvalue weighted by Gasteiger charge is 2.38. The number of fused-ring (bicyclic) bond motifs is 1. The minimum absolute atomic E-state index is 0.0236. The number of rotatable bonds is 42. The number of aliphatic hydroxyl groups excluding tert-OH is 1. The summed E-state index contributed by atoms with van der Waals surface area (Å²) in [5, 5.41) is 54.6. The minimum Gasteiger partial charge on any atom is -0.481 e. The van der Waals surface area contributed by atoms with E-state index in [0.717, 1.165) is 16.5 Å². The number of nitrogens with one attached hydrogen (secondary N) is 11. The van der Waals surface area contributed by atoms with E-state index in [2.05, 4.69) is 58.2 Å². The van der Waals surface area contributed by atoms with Gasteiger partial charge in [0.15, 0.2) is 0 Å². The normalized spacial score (nSPS) is 15.3. The van der Waals surface area contributed by atoms with Crippen molar-refractivity contribution in [2.45, 2.75) is 186 Å². The van der Waals surface area contributed by atoms with Gasteiger partial charge in [-0.05, 0) is 80.4 Å². The fourth-order valence-corrected chi connectivity index (χ4v) is 9.20. The van der Waals surface area contributed by atoms with Crippen molar-refractivity contribution in [1.29, 1.82) is 0 Å². The number of aliphatic carboxylic acids is 2. The van der Waals surface area contributed by atoms with Crippen LogP contribution in [-0.2, 0) is 73.5 Å². The van der Waals surface area contributed by atoms with Crippen LogP contribution >= 0.6 is 0 Å². The largest absolute Gasteiger partial charge is 0.481 e. The third-order valence-corrected chi connectivity index (χ3v) is 14.8. The quantitative estimate of drug-likeness (QED) is 0.0283. The lowest BCUT2D eigenvalue weighted by molar-refractivity contribution is -0.144. The molecule has 12 amide bonds. The Morgan fingerprint density at radius 3 is 1.59 bits per heavy atom. The Bertz CT molecular complexity index is 2830. The van der Waals surface area contributed by atoms with E-state index in [4.69, 9.17) is 22.9 Å². The van der Waals surface area contributed by atoms with Crippen LogP contribution in [0.1, 0.15) is 125 Å². The topological polar surface area (TPSA) is 540 Å². The maximum Gasteiger partial charge on any atom is 0.326 e. The number of hydrogen-bond donors (Lipinski definition) is 18. The molecule has 1 heterocycles. The first-order valence-electron chi connectivity index (χ1n) is 29.9. The van der Waals surface area contributed by atoms with E-state index in [0.29, 0.717) is 19.3 Å². The van der Waals surface area contributed by atoms with Gasteiger partial charge in [-0.25, -0.2) is 4.79 Å². The van der Waals surface area contributed by atoms with Gasteiger partial charge in [0.2, 0.25) is 70.9 Å². The molecular formula is C58H93N15O17. The molecular weight excluding hydrogens is 1180 g/mol. The number of hydrogen-bond acceptors (Lipinski definition) is 17. The van der Waals surface area contributed by atoms with Gasteiger partial charge >= 0.3 is 11.9 Å². The van der Waals surface area contributed by atoms with Gasteiger partial charge in [0.1, 0.15) is 54.4 Å². The summed E-state index contributed by atoms with van der Waals surface area (Å²) in [5.41, 5.74) is 24.3. The first-order chi connectivity index (χ1) is 42.3. The number of benzene rings is 1. The van der Waals surface area contributed by atoms with Crippen molar-refractivity contribution in [3.63, 3.8) is 0 Å². The molecule has 0 unspecified atom stereocenters. The maximum atomic E-state index is 14.2. The van der Waals surface area contributed by atoms with Crippen LogP contribution in [0.2, 0.25) is 0 Å². The van der Waals surface area contributed by atoms with Gasteiger partial charge in [-0.2, -0.15) is 0 Å². The smallest absolute Gasteiger partial charge is 0.326 e. The van der Waals surface area contributed by atoms with Crippen LogP contribution in [0.15, 0.2) is 30.5 Å². The van der Waals surface area contributed by atoms with E-state index in [1.54, 1.807) is 33.9 Å². The number of nitrogens with two attached hydrogens (primary N) is 4. The lowest BCUT2D eigenvalue weighted by Crippen LogP contribution is -2.62. The molecule has 0 aliphatic rings. The Kier molecular flexibility index (Phi) is 33.2. The van der Waals surface area contributed by atoms with E-state index >= 15 is 0 Å². The Morgan fingerprint density at radius 2 is 1.04 bits per heavy atom. The SMILES string of the molecule is CC[C@H](C)[C@H](NC(=O)[C@H](CCC(N)=O)NC(=O)CNC(=O)[C@H](CC(N)=O)NC(=O)[C@@H](NC(=O)[C@H](CO)NC(=O)[C@H](CC(=O)O)NC(=O)[C@@H](NC(=O)[C@H](CCCCN)NC(=O)[C@H](CC(C)C)NC(=O)[C@@H](N)Cc1c[nH]c2ccccc12)[C@@H](C)CC)C(C)C)C(=O)O. The summed E-state index contributed by atoms with van der Waals surface area (Å²) in [7, 11) is 0. The number of primary amides is 2. The zero-order chi connectivity index (χ0) is 68.1. The molecule has 0 spiro atoms. The molecule has 0 aliphatic carbocycles. The second kappa shape index (κ2) is 38.6. The summed E-state index contributed by atoms with van der Waals surface area (Å²) in [6, 6.07) is -7.75. The molecule has 12 atom stereocenters. The van der Waals surface area contributed by atoms with Crippen molar-refractivity contribution in [1.82, 2.24) is 58.2 Å². The Morgan fingerprint density at radius 1 is 0.544 bits per heavy atom. The van der Waals surface area contributed by atoms with Gasteiger partial charge < -0.3 is 96.4 Å². The summed E-state index contributed by atoms with van der Waals surface area (Å²) in [6.45, 7) is 11.2. The monoisotopic (exact) mass is 1270 g/mol. The summed E-state index contributed by atoms with van der Waals surface area (Å²) in [4.78, 5) is 188. The molecule has 2 rings (SSSR count). The summed E-state index contributed by atoms with van der Waals surface area (Å²) in [6.07, 6.45) is 0.678. The predicted molar refractivity (Wildman–Crippen MR) is 326 cm³/mol. The molecule has 32 heteroatoms. The number of H-pyrrole nitrogens is 1. The summed E-state index contributed by atoms with van der Waals surface area (Å²) in [5.74, 6) is -17.3. The van der Waals surface area contributed by atoms with Crippen LogP contribution in [0.25, 0.3) is 10.9 Å².